The number of rotatable bonds is 4. The lowest BCUT2D eigenvalue weighted by Crippen LogP contribution is -2.17. The number of nitrogens with zero attached hydrogens (tertiary/aromatic N) is 1. The molecule has 0 bridgehead atoms. The summed E-state index contributed by atoms with van der Waals surface area (Å²) in [5.74, 6) is 0. The molecule has 4 nitrogen and oxygen atoms in total. The average Bonchev–Trinajstić information content (AvgIpc) is 2.25. The highest BCUT2D eigenvalue weighted by molar-refractivity contribution is 7.89. The van der Waals surface area contributed by atoms with Crippen molar-refractivity contribution in [1.29, 1.82) is 0 Å². The van der Waals surface area contributed by atoms with Gasteiger partial charge in [0.1, 0.15) is 0 Å². The second-order valence-corrected chi connectivity index (χ2v) is 4.95. The maximum Gasteiger partial charge on any atom is 0.276 e. The molecule has 0 aliphatic rings. The van der Waals surface area contributed by atoms with Gasteiger partial charge in [0, 0.05) is 11.2 Å². The molecule has 0 aliphatic heterocycles. The highest BCUT2D eigenvalue weighted by atomic mass is 35.5. The molecular weight excluding hydrogens is 248 g/mol. The summed E-state index contributed by atoms with van der Waals surface area (Å²) in [6, 6.07) is 5.84. The molecule has 86 valence electrons. The summed E-state index contributed by atoms with van der Waals surface area (Å²) in [6.45, 7) is 1.81. The molecule has 0 unspecified atom stereocenters. The van der Waals surface area contributed by atoms with Crippen LogP contribution in [0.3, 0.4) is 0 Å². The van der Waals surface area contributed by atoms with Gasteiger partial charge in [-0.1, -0.05) is 17.7 Å². The fraction of sp³-hybridized carbons (Fsp3) is 0.100. The molecule has 1 N–H and O–H groups in total. The number of halogens is 1. The normalized spacial score (nSPS) is 12.4. The Balaban J connectivity index is 2.82. The van der Waals surface area contributed by atoms with Crippen LogP contribution < -0.4 is 4.83 Å². The summed E-state index contributed by atoms with van der Waals surface area (Å²) >= 11 is 5.65. The van der Waals surface area contributed by atoms with Crippen LogP contribution in [-0.4, -0.2) is 14.6 Å². The number of hydrogen-bond donors (Lipinski definition) is 1. The molecule has 0 saturated heterocycles. The molecule has 6 heteroatoms. The number of sulfonamides is 1. The Morgan fingerprint density at radius 2 is 1.94 bits per heavy atom. The standard InChI is InChI=1S/C10H11ClN2O2S/c1-2-3-8-12-13-16(14,15)10-6-4-9(11)5-7-10/h2-8,13H,1H3. The quantitative estimate of drug-likeness (QED) is 0.665. The Labute approximate surface area is 99.7 Å². The van der Waals surface area contributed by atoms with E-state index < -0.39 is 10.0 Å². The Kier molecular flexibility index (Phi) is 4.52. The van der Waals surface area contributed by atoms with E-state index in [9.17, 15) is 8.42 Å². The summed E-state index contributed by atoms with van der Waals surface area (Å²) in [6.07, 6.45) is 4.71. The highest BCUT2D eigenvalue weighted by Crippen LogP contribution is 2.13. The van der Waals surface area contributed by atoms with Gasteiger partial charge in [0.15, 0.2) is 0 Å². The van der Waals surface area contributed by atoms with Crippen molar-refractivity contribution in [1.82, 2.24) is 4.83 Å². The van der Waals surface area contributed by atoms with Crippen molar-refractivity contribution in [2.45, 2.75) is 11.8 Å². The van der Waals surface area contributed by atoms with Crippen LogP contribution in [0.5, 0.6) is 0 Å². The van der Waals surface area contributed by atoms with Gasteiger partial charge in [-0.2, -0.15) is 13.5 Å². The molecule has 16 heavy (non-hydrogen) atoms. The van der Waals surface area contributed by atoms with Gasteiger partial charge in [-0.05, 0) is 37.3 Å². The highest BCUT2D eigenvalue weighted by Gasteiger charge is 2.11. The van der Waals surface area contributed by atoms with E-state index in [0.717, 1.165) is 0 Å². The van der Waals surface area contributed by atoms with E-state index in [4.69, 9.17) is 11.6 Å². The third-order valence-electron chi connectivity index (χ3n) is 1.65. The van der Waals surface area contributed by atoms with E-state index in [2.05, 4.69) is 9.93 Å². The molecule has 0 amide bonds. The predicted octanol–water partition coefficient (Wildman–Crippen LogP) is 2.18. The van der Waals surface area contributed by atoms with Gasteiger partial charge in [0.25, 0.3) is 10.0 Å². The SMILES string of the molecule is CC=CC=NNS(=O)(=O)c1ccc(Cl)cc1. The van der Waals surface area contributed by atoms with E-state index in [1.165, 1.54) is 30.5 Å². The lowest BCUT2D eigenvalue weighted by Gasteiger charge is -2.02. The summed E-state index contributed by atoms with van der Waals surface area (Å²) in [7, 11) is -3.60. The van der Waals surface area contributed by atoms with Crippen molar-refractivity contribution in [2.75, 3.05) is 0 Å². The van der Waals surface area contributed by atoms with Gasteiger partial charge in [0.05, 0.1) is 4.90 Å². The Morgan fingerprint density at radius 3 is 2.50 bits per heavy atom. The first-order valence-corrected chi connectivity index (χ1v) is 6.34. The van der Waals surface area contributed by atoms with Crippen LogP contribution >= 0.6 is 11.6 Å². The van der Waals surface area contributed by atoms with E-state index in [-0.39, 0.29) is 4.90 Å². The maximum absolute atomic E-state index is 11.6. The van der Waals surface area contributed by atoms with E-state index >= 15 is 0 Å². The molecule has 0 atom stereocenters. The van der Waals surface area contributed by atoms with Crippen molar-refractivity contribution in [3.8, 4) is 0 Å². The zero-order valence-electron chi connectivity index (χ0n) is 8.59. The van der Waals surface area contributed by atoms with Crippen molar-refractivity contribution in [2.24, 2.45) is 5.10 Å². The summed E-state index contributed by atoms with van der Waals surface area (Å²) in [5.41, 5.74) is 0. The van der Waals surface area contributed by atoms with Gasteiger partial charge in [0.2, 0.25) is 0 Å². The second kappa shape index (κ2) is 5.67. The Hall–Kier alpha value is -1.33. The van der Waals surface area contributed by atoms with E-state index in [1.54, 1.807) is 19.1 Å². The van der Waals surface area contributed by atoms with Gasteiger partial charge >= 0.3 is 0 Å². The topological polar surface area (TPSA) is 58.5 Å². The maximum atomic E-state index is 11.6. The fourth-order valence-electron chi connectivity index (χ4n) is 0.895. The first kappa shape index (κ1) is 12.7. The zero-order chi connectivity index (χ0) is 12.0. The molecule has 0 saturated carbocycles. The van der Waals surface area contributed by atoms with E-state index in [0.29, 0.717) is 5.02 Å². The molecule has 0 aliphatic carbocycles. The van der Waals surface area contributed by atoms with Crippen LogP contribution in [0.15, 0.2) is 46.4 Å². The average molecular weight is 259 g/mol. The first-order chi connectivity index (χ1) is 7.56. The minimum absolute atomic E-state index is 0.120. The van der Waals surface area contributed by atoms with Crippen molar-refractivity contribution >= 4 is 27.8 Å². The van der Waals surface area contributed by atoms with Crippen LogP contribution in [0, 0.1) is 0 Å². The third kappa shape index (κ3) is 3.67. The minimum Gasteiger partial charge on any atom is -0.200 e. The lowest BCUT2D eigenvalue weighted by molar-refractivity contribution is 0.584. The molecule has 1 rings (SSSR count). The number of benzene rings is 1. The molecule has 0 heterocycles. The molecule has 0 fully saturated rings. The van der Waals surface area contributed by atoms with Crippen molar-refractivity contribution < 1.29 is 8.42 Å². The Morgan fingerprint density at radius 1 is 1.31 bits per heavy atom. The van der Waals surface area contributed by atoms with Crippen molar-refractivity contribution in [3.63, 3.8) is 0 Å². The number of hydrogen-bond acceptors (Lipinski definition) is 3. The number of nitrogens with one attached hydrogen (secondary N) is 1. The van der Waals surface area contributed by atoms with Gasteiger partial charge in [-0.15, -0.1) is 0 Å². The first-order valence-electron chi connectivity index (χ1n) is 4.48. The second-order valence-electron chi connectivity index (χ2n) is 2.85. The fourth-order valence-corrected chi connectivity index (χ4v) is 1.82. The smallest absolute Gasteiger partial charge is 0.200 e. The minimum atomic E-state index is -3.60. The summed E-state index contributed by atoms with van der Waals surface area (Å²) in [4.78, 5) is 2.20. The molecule has 0 radical (unpaired) electrons. The molecule has 1 aromatic rings. The van der Waals surface area contributed by atoms with Gasteiger partial charge in [-0.3, -0.25) is 0 Å². The third-order valence-corrected chi connectivity index (χ3v) is 3.14. The lowest BCUT2D eigenvalue weighted by atomic mass is 10.4. The van der Waals surface area contributed by atoms with Gasteiger partial charge < -0.3 is 0 Å². The van der Waals surface area contributed by atoms with Crippen LogP contribution in [0.2, 0.25) is 5.02 Å². The van der Waals surface area contributed by atoms with Crippen LogP contribution in [-0.2, 0) is 10.0 Å². The van der Waals surface area contributed by atoms with E-state index in [1.807, 2.05) is 0 Å². The Bertz CT molecular complexity index is 492. The summed E-state index contributed by atoms with van der Waals surface area (Å²) in [5, 5.41) is 4.03. The molecule has 0 spiro atoms. The number of hydrazone groups is 1. The van der Waals surface area contributed by atoms with Crippen LogP contribution in [0.25, 0.3) is 0 Å². The zero-order valence-corrected chi connectivity index (χ0v) is 10.2. The molecule has 1 aromatic carbocycles. The predicted molar refractivity (Wildman–Crippen MR) is 65.1 cm³/mol. The van der Waals surface area contributed by atoms with Gasteiger partial charge in [-0.25, -0.2) is 4.83 Å². The number of allylic oxidation sites excluding steroid dienone is 2. The molecule has 0 aromatic heterocycles. The van der Waals surface area contributed by atoms with Crippen molar-refractivity contribution in [3.05, 3.63) is 41.4 Å². The van der Waals surface area contributed by atoms with Crippen LogP contribution in [0.1, 0.15) is 6.92 Å². The summed E-state index contributed by atoms with van der Waals surface area (Å²) < 4.78 is 23.2. The largest absolute Gasteiger partial charge is 0.276 e. The van der Waals surface area contributed by atoms with Crippen LogP contribution in [0.4, 0.5) is 0 Å². The molecular formula is C10H11ClN2O2S. The monoisotopic (exact) mass is 258 g/mol.